The lowest BCUT2D eigenvalue weighted by molar-refractivity contribution is -0.141. The molecule has 0 N–H and O–H groups in total. The van der Waals surface area contributed by atoms with Gasteiger partial charge in [-0.1, -0.05) is 6.92 Å². The molecular weight excluding hydrogens is 494 g/mol. The van der Waals surface area contributed by atoms with Crippen LogP contribution in [0.1, 0.15) is 18.2 Å². The fourth-order valence-electron chi connectivity index (χ4n) is 2.39. The Hall–Kier alpha value is -2.22. The van der Waals surface area contributed by atoms with Crippen LogP contribution in [0.3, 0.4) is 0 Å². The fraction of sp³-hybridized carbons (Fsp3) is 0.267. The van der Waals surface area contributed by atoms with E-state index < -0.39 is 49.8 Å². The summed E-state index contributed by atoms with van der Waals surface area (Å²) < 4.78 is 103. The van der Waals surface area contributed by atoms with E-state index in [-0.39, 0.29) is 15.9 Å². The Morgan fingerprint density at radius 2 is 1.69 bits per heavy atom. The number of hydrogen-bond donors (Lipinski definition) is 0. The number of rotatable bonds is 3. The molecule has 0 saturated carbocycles. The van der Waals surface area contributed by atoms with Gasteiger partial charge in [-0.2, -0.15) is 26.3 Å². The van der Waals surface area contributed by atoms with Crippen molar-refractivity contribution >= 4 is 31.4 Å². The highest BCUT2D eigenvalue weighted by Gasteiger charge is 2.35. The summed E-state index contributed by atoms with van der Waals surface area (Å²) in [6.45, 7) is 1.23. The van der Waals surface area contributed by atoms with Crippen molar-refractivity contribution in [3.8, 4) is 11.4 Å². The van der Waals surface area contributed by atoms with E-state index >= 15 is 0 Å². The smallest absolute Gasteiger partial charge is 0.290 e. The van der Waals surface area contributed by atoms with Crippen LogP contribution in [0.5, 0.6) is 0 Å². The third-order valence-electron chi connectivity index (χ3n) is 3.86. The summed E-state index contributed by atoms with van der Waals surface area (Å²) in [5.74, 6) is -0.520. The molecule has 0 aliphatic heterocycles. The Bertz CT molecular complexity index is 1200. The molecule has 0 saturated heterocycles. The lowest BCUT2D eigenvalue weighted by atomic mass is 10.2. The molecule has 3 rings (SSSR count). The SMILES string of the molecule is CCS(=O)(=O)c1cc(C(F)(F)F)cnc1-c1nc2cnc(C(F)(F)F)cn2c1Br. The van der Waals surface area contributed by atoms with Gasteiger partial charge in [0.2, 0.25) is 0 Å². The fourth-order valence-corrected chi connectivity index (χ4v) is 4.02. The summed E-state index contributed by atoms with van der Waals surface area (Å²) >= 11 is 3.02. The Morgan fingerprint density at radius 3 is 2.24 bits per heavy atom. The van der Waals surface area contributed by atoms with Crippen LogP contribution in [0, 0.1) is 0 Å². The number of aromatic nitrogens is 4. The summed E-state index contributed by atoms with van der Waals surface area (Å²) in [4.78, 5) is 10.1. The molecule has 14 heteroatoms. The lowest BCUT2D eigenvalue weighted by Crippen LogP contribution is -2.12. The minimum atomic E-state index is -4.84. The number of pyridine rings is 1. The lowest BCUT2D eigenvalue weighted by Gasteiger charge is -2.12. The molecule has 0 amide bonds. The first-order valence-corrected chi connectivity index (χ1v) is 10.1. The Kier molecular flexibility index (Phi) is 5.14. The third kappa shape index (κ3) is 3.95. The van der Waals surface area contributed by atoms with Gasteiger partial charge in [0.25, 0.3) is 0 Å². The van der Waals surface area contributed by atoms with Crippen molar-refractivity contribution in [2.24, 2.45) is 0 Å². The van der Waals surface area contributed by atoms with Crippen molar-refractivity contribution < 1.29 is 34.8 Å². The normalized spacial score (nSPS) is 13.2. The predicted octanol–water partition coefficient (Wildman–Crippen LogP) is 4.39. The Labute approximate surface area is 167 Å². The second kappa shape index (κ2) is 6.93. The highest BCUT2D eigenvalue weighted by Crippen LogP contribution is 2.37. The molecule has 0 fully saturated rings. The molecule has 0 unspecified atom stereocenters. The second-order valence-corrected chi connectivity index (χ2v) is 8.72. The number of imidazole rings is 1. The van der Waals surface area contributed by atoms with E-state index in [2.05, 4.69) is 30.9 Å². The molecular formula is C15H9BrF6N4O2S. The van der Waals surface area contributed by atoms with Crippen molar-refractivity contribution in [2.75, 3.05) is 5.75 Å². The topological polar surface area (TPSA) is 77.2 Å². The van der Waals surface area contributed by atoms with E-state index in [1.54, 1.807) is 0 Å². The zero-order valence-electron chi connectivity index (χ0n) is 14.2. The first-order valence-electron chi connectivity index (χ1n) is 7.67. The van der Waals surface area contributed by atoms with Crippen LogP contribution in [0.25, 0.3) is 17.0 Å². The van der Waals surface area contributed by atoms with E-state index in [1.807, 2.05) is 0 Å². The molecule has 3 aromatic rings. The summed E-state index contributed by atoms with van der Waals surface area (Å²) in [6.07, 6.45) is -7.74. The molecule has 29 heavy (non-hydrogen) atoms. The van der Waals surface area contributed by atoms with Gasteiger partial charge in [-0.15, -0.1) is 0 Å². The predicted molar refractivity (Wildman–Crippen MR) is 91.6 cm³/mol. The molecule has 0 radical (unpaired) electrons. The molecule has 0 aliphatic rings. The van der Waals surface area contributed by atoms with Gasteiger partial charge < -0.3 is 0 Å². The molecule has 0 spiro atoms. The third-order valence-corrected chi connectivity index (χ3v) is 6.36. The highest BCUT2D eigenvalue weighted by atomic mass is 79.9. The summed E-state index contributed by atoms with van der Waals surface area (Å²) in [5.41, 5.74) is -3.29. The first-order chi connectivity index (χ1) is 13.3. The van der Waals surface area contributed by atoms with Crippen LogP contribution in [-0.4, -0.2) is 33.5 Å². The van der Waals surface area contributed by atoms with Gasteiger partial charge in [0.15, 0.2) is 21.2 Å². The van der Waals surface area contributed by atoms with E-state index in [0.29, 0.717) is 18.5 Å². The molecule has 156 valence electrons. The number of fused-ring (bicyclic) bond motifs is 1. The van der Waals surface area contributed by atoms with Gasteiger partial charge in [-0.05, 0) is 22.0 Å². The summed E-state index contributed by atoms with van der Waals surface area (Å²) in [6, 6.07) is 0.428. The van der Waals surface area contributed by atoms with Crippen LogP contribution in [0.15, 0.2) is 34.2 Å². The van der Waals surface area contributed by atoms with Crippen LogP contribution in [0.4, 0.5) is 26.3 Å². The van der Waals surface area contributed by atoms with Gasteiger partial charge in [0, 0.05) is 12.4 Å². The monoisotopic (exact) mass is 502 g/mol. The van der Waals surface area contributed by atoms with Crippen LogP contribution < -0.4 is 0 Å². The quantitative estimate of drug-likeness (QED) is 0.496. The van der Waals surface area contributed by atoms with E-state index in [4.69, 9.17) is 0 Å². The van der Waals surface area contributed by atoms with Gasteiger partial charge in [-0.3, -0.25) is 9.38 Å². The molecule has 0 atom stereocenters. The molecule has 3 aromatic heterocycles. The second-order valence-electron chi connectivity index (χ2n) is 5.72. The number of alkyl halides is 6. The Balaban J connectivity index is 2.30. The van der Waals surface area contributed by atoms with Gasteiger partial charge in [0.1, 0.15) is 16.0 Å². The highest BCUT2D eigenvalue weighted by molar-refractivity contribution is 9.10. The van der Waals surface area contributed by atoms with Crippen LogP contribution in [-0.2, 0) is 22.2 Å². The number of halogens is 7. The van der Waals surface area contributed by atoms with Crippen molar-refractivity contribution in [3.05, 3.63) is 40.5 Å². The van der Waals surface area contributed by atoms with E-state index in [1.165, 1.54) is 6.92 Å². The number of nitrogens with zero attached hydrogens (tertiary/aromatic N) is 4. The van der Waals surface area contributed by atoms with Crippen molar-refractivity contribution in [1.82, 2.24) is 19.4 Å². The molecule has 0 bridgehead atoms. The zero-order chi connectivity index (χ0) is 21.8. The largest absolute Gasteiger partial charge is 0.434 e. The number of sulfone groups is 1. The van der Waals surface area contributed by atoms with Crippen molar-refractivity contribution in [2.45, 2.75) is 24.2 Å². The minimum Gasteiger partial charge on any atom is -0.290 e. The van der Waals surface area contributed by atoms with E-state index in [9.17, 15) is 34.8 Å². The summed E-state index contributed by atoms with van der Waals surface area (Å²) in [7, 11) is -4.17. The van der Waals surface area contributed by atoms with Crippen LogP contribution in [0.2, 0.25) is 0 Å². The molecule has 3 heterocycles. The van der Waals surface area contributed by atoms with Crippen LogP contribution >= 0.6 is 15.9 Å². The van der Waals surface area contributed by atoms with Crippen molar-refractivity contribution in [3.63, 3.8) is 0 Å². The summed E-state index contributed by atoms with van der Waals surface area (Å²) in [5, 5.41) is 0. The molecule has 0 aliphatic carbocycles. The first kappa shape index (κ1) is 21.5. The maximum absolute atomic E-state index is 13.0. The van der Waals surface area contributed by atoms with Gasteiger partial charge >= 0.3 is 12.4 Å². The zero-order valence-corrected chi connectivity index (χ0v) is 16.6. The standard InChI is InChI=1S/C15H9BrF6N4O2S/c1-2-29(27,28)8-3-7(14(17,18)19)4-24-11(8)12-13(16)26-6-9(15(20,21)22)23-5-10(26)25-12/h3-6H,2H2,1H3. The van der Waals surface area contributed by atoms with Gasteiger partial charge in [-0.25, -0.2) is 18.4 Å². The molecule has 0 aromatic carbocycles. The van der Waals surface area contributed by atoms with Gasteiger partial charge in [0.05, 0.1) is 22.4 Å². The average Bonchev–Trinajstić information content (AvgIpc) is 2.96. The minimum absolute atomic E-state index is 0.0959. The van der Waals surface area contributed by atoms with Crippen molar-refractivity contribution in [1.29, 1.82) is 0 Å². The maximum atomic E-state index is 13.0. The average molecular weight is 503 g/mol. The Morgan fingerprint density at radius 1 is 1.03 bits per heavy atom. The van der Waals surface area contributed by atoms with E-state index in [0.717, 1.165) is 10.6 Å². The number of hydrogen-bond acceptors (Lipinski definition) is 5. The molecule has 6 nitrogen and oxygen atoms in total. The maximum Gasteiger partial charge on any atom is 0.434 e.